The fourth-order valence-corrected chi connectivity index (χ4v) is 2.46. The highest BCUT2D eigenvalue weighted by Crippen LogP contribution is 2.09. The first-order chi connectivity index (χ1) is 15.3. The molecule has 0 aliphatic heterocycles. The summed E-state index contributed by atoms with van der Waals surface area (Å²) < 4.78 is 0. The Kier molecular flexibility index (Phi) is 32.0. The summed E-state index contributed by atoms with van der Waals surface area (Å²) in [4.78, 5) is 29.1. The average Bonchev–Trinajstić information content (AvgIpc) is 2.75. The van der Waals surface area contributed by atoms with E-state index in [0.717, 1.165) is 31.1 Å². The van der Waals surface area contributed by atoms with Gasteiger partial charge in [0.1, 0.15) is 0 Å². The predicted molar refractivity (Wildman–Crippen MR) is 127 cm³/mol. The minimum absolute atomic E-state index is 0.332. The van der Waals surface area contributed by atoms with Crippen molar-refractivity contribution in [2.24, 2.45) is 0 Å². The summed E-state index contributed by atoms with van der Waals surface area (Å²) in [6.45, 7) is 5.22. The molecule has 0 rings (SSSR count). The van der Waals surface area contributed by atoms with E-state index in [1.54, 1.807) is 0 Å². The fourth-order valence-electron chi connectivity index (χ4n) is 2.46. The van der Waals surface area contributed by atoms with E-state index in [2.05, 4.69) is 25.7 Å². The van der Waals surface area contributed by atoms with Gasteiger partial charge < -0.3 is 15.3 Å². The van der Waals surface area contributed by atoms with Crippen LogP contribution < -0.4 is 0 Å². The van der Waals surface area contributed by atoms with Crippen LogP contribution in [0.25, 0.3) is 0 Å². The van der Waals surface area contributed by atoms with Crippen LogP contribution in [0.15, 0.2) is 37.0 Å². The molecular weight excluding hydrogens is 410 g/mol. The summed E-state index contributed by atoms with van der Waals surface area (Å²) in [5, 5.41) is 31.6. The van der Waals surface area contributed by atoms with Crippen molar-refractivity contribution in [2.45, 2.75) is 96.8 Å². The van der Waals surface area contributed by atoms with Crippen LogP contribution in [0.2, 0.25) is 0 Å². The number of nitrogens with zero attached hydrogens (tertiary/aromatic N) is 1. The molecular formula is C25H41NO6. The Bertz CT molecular complexity index is 575. The monoisotopic (exact) mass is 451 g/mol. The zero-order valence-electron chi connectivity index (χ0n) is 19.5. The molecule has 0 saturated carbocycles. The summed E-state index contributed by atoms with van der Waals surface area (Å²) in [5.74, 6) is -2.74. The van der Waals surface area contributed by atoms with Gasteiger partial charge in [0.2, 0.25) is 0 Å². The quantitative estimate of drug-likeness (QED) is 0.0991. The number of unbranched alkanes of at least 4 members (excludes halogenated alkanes) is 11. The van der Waals surface area contributed by atoms with E-state index in [1.807, 2.05) is 0 Å². The zero-order valence-corrected chi connectivity index (χ0v) is 19.5. The second kappa shape index (κ2) is 30.3. The lowest BCUT2D eigenvalue weighted by Gasteiger charge is -1.99. The molecule has 7 heteroatoms. The third-order valence-corrected chi connectivity index (χ3v) is 4.13. The highest BCUT2D eigenvalue weighted by molar-refractivity contribution is 5.80. The van der Waals surface area contributed by atoms with Gasteiger partial charge in [-0.25, -0.2) is 9.59 Å². The van der Waals surface area contributed by atoms with Crippen molar-refractivity contribution in [3.05, 3.63) is 37.0 Å². The van der Waals surface area contributed by atoms with E-state index in [4.69, 9.17) is 20.6 Å². The minimum Gasteiger partial charge on any atom is -0.481 e. The zero-order chi connectivity index (χ0) is 24.9. The van der Waals surface area contributed by atoms with Crippen LogP contribution in [0.5, 0.6) is 0 Å². The number of carboxylic acid groups (broad SMARTS) is 3. The van der Waals surface area contributed by atoms with Crippen molar-refractivity contribution >= 4 is 17.9 Å². The first-order valence-corrected chi connectivity index (χ1v) is 11.3. The van der Waals surface area contributed by atoms with Crippen LogP contribution in [-0.2, 0) is 14.4 Å². The van der Waals surface area contributed by atoms with Crippen molar-refractivity contribution in [1.82, 2.24) is 0 Å². The van der Waals surface area contributed by atoms with Gasteiger partial charge in [-0.15, -0.1) is 0 Å². The molecule has 0 aromatic heterocycles. The first-order valence-electron chi connectivity index (χ1n) is 11.3. The SMILES string of the molecule is C=CC(=O)O.CCCCCCCC/C=C\CCCCCCCC(=O)O.N#CC=CC(=O)O. The first kappa shape index (κ1) is 33.8. The Balaban J connectivity index is -0.000000572. The van der Waals surface area contributed by atoms with Gasteiger partial charge in [-0.2, -0.15) is 5.26 Å². The third kappa shape index (κ3) is 45.7. The number of hydrogen-bond donors (Lipinski definition) is 3. The second-order valence-electron chi connectivity index (χ2n) is 7.07. The molecule has 0 unspecified atom stereocenters. The van der Waals surface area contributed by atoms with Gasteiger partial charge in [-0.05, 0) is 32.1 Å². The maximum Gasteiger partial charge on any atom is 0.329 e. The Morgan fingerprint density at radius 2 is 1.22 bits per heavy atom. The predicted octanol–water partition coefficient (Wildman–Crippen LogP) is 6.52. The van der Waals surface area contributed by atoms with Gasteiger partial charge in [0, 0.05) is 24.6 Å². The van der Waals surface area contributed by atoms with E-state index in [9.17, 15) is 14.4 Å². The van der Waals surface area contributed by atoms with E-state index in [0.29, 0.717) is 6.42 Å². The van der Waals surface area contributed by atoms with E-state index >= 15 is 0 Å². The number of carboxylic acids is 3. The molecule has 182 valence electrons. The topological polar surface area (TPSA) is 136 Å². The maximum absolute atomic E-state index is 10.3. The smallest absolute Gasteiger partial charge is 0.329 e. The van der Waals surface area contributed by atoms with Crippen molar-refractivity contribution in [2.75, 3.05) is 0 Å². The Labute approximate surface area is 193 Å². The van der Waals surface area contributed by atoms with E-state index < -0.39 is 17.9 Å². The van der Waals surface area contributed by atoms with E-state index in [-0.39, 0.29) is 0 Å². The molecule has 0 saturated heterocycles. The Morgan fingerprint density at radius 3 is 1.56 bits per heavy atom. The number of aliphatic carboxylic acids is 3. The number of allylic oxidation sites excluding steroid dienone is 3. The molecule has 0 heterocycles. The molecule has 32 heavy (non-hydrogen) atoms. The maximum atomic E-state index is 10.3. The van der Waals surface area contributed by atoms with Crippen LogP contribution >= 0.6 is 0 Å². The summed E-state index contributed by atoms with van der Waals surface area (Å²) in [5.41, 5.74) is 0. The lowest BCUT2D eigenvalue weighted by molar-refractivity contribution is -0.137. The van der Waals surface area contributed by atoms with Crippen LogP contribution in [0.1, 0.15) is 96.8 Å². The molecule has 0 radical (unpaired) electrons. The number of hydrogen-bond acceptors (Lipinski definition) is 4. The normalized spacial score (nSPS) is 9.88. The molecule has 0 aliphatic rings. The van der Waals surface area contributed by atoms with Gasteiger partial charge in [0.15, 0.2) is 0 Å². The van der Waals surface area contributed by atoms with Crippen molar-refractivity contribution in [1.29, 1.82) is 5.26 Å². The summed E-state index contributed by atoms with van der Waals surface area (Å²) in [6.07, 6.45) is 23.8. The summed E-state index contributed by atoms with van der Waals surface area (Å²) in [7, 11) is 0. The Morgan fingerprint density at radius 1 is 0.781 bits per heavy atom. The summed E-state index contributed by atoms with van der Waals surface area (Å²) >= 11 is 0. The van der Waals surface area contributed by atoms with Crippen LogP contribution in [-0.4, -0.2) is 33.2 Å². The van der Waals surface area contributed by atoms with Gasteiger partial charge in [-0.3, -0.25) is 4.79 Å². The molecule has 0 spiro atoms. The second-order valence-corrected chi connectivity index (χ2v) is 7.07. The third-order valence-electron chi connectivity index (χ3n) is 4.13. The van der Waals surface area contributed by atoms with Crippen LogP contribution in [0.3, 0.4) is 0 Å². The van der Waals surface area contributed by atoms with Gasteiger partial charge in [-0.1, -0.05) is 77.0 Å². The molecule has 0 bridgehead atoms. The van der Waals surface area contributed by atoms with Crippen molar-refractivity contribution in [3.8, 4) is 6.07 Å². The molecule has 0 aromatic rings. The van der Waals surface area contributed by atoms with Gasteiger partial charge >= 0.3 is 17.9 Å². The molecule has 7 nitrogen and oxygen atoms in total. The minimum atomic E-state index is -1.10. The summed E-state index contributed by atoms with van der Waals surface area (Å²) in [6, 6.07) is 1.54. The molecule has 0 aromatic carbocycles. The highest BCUT2D eigenvalue weighted by Gasteiger charge is 1.95. The highest BCUT2D eigenvalue weighted by atomic mass is 16.4. The van der Waals surface area contributed by atoms with Crippen LogP contribution in [0, 0.1) is 11.3 Å². The molecule has 0 atom stereocenters. The number of nitriles is 1. The van der Waals surface area contributed by atoms with Crippen molar-refractivity contribution < 1.29 is 29.7 Å². The fraction of sp³-hybridized carbons (Fsp3) is 0.600. The lowest BCUT2D eigenvalue weighted by atomic mass is 10.1. The Hall–Kier alpha value is -2.88. The largest absolute Gasteiger partial charge is 0.481 e. The van der Waals surface area contributed by atoms with Crippen molar-refractivity contribution in [3.63, 3.8) is 0 Å². The number of carbonyl (C=O) groups is 3. The van der Waals surface area contributed by atoms with Gasteiger partial charge in [0.05, 0.1) is 6.07 Å². The van der Waals surface area contributed by atoms with Gasteiger partial charge in [0.25, 0.3) is 0 Å². The molecule has 0 amide bonds. The molecule has 0 fully saturated rings. The molecule has 3 N–H and O–H groups in total. The molecule has 0 aliphatic carbocycles. The lowest BCUT2D eigenvalue weighted by Crippen LogP contribution is -1.93. The average molecular weight is 452 g/mol. The van der Waals surface area contributed by atoms with Crippen LogP contribution in [0.4, 0.5) is 0 Å². The van der Waals surface area contributed by atoms with E-state index in [1.165, 1.54) is 76.7 Å². The standard InChI is InChI=1S/C18H34O2.C4H3NO2.C3H4O2/c1-2-3-4-5-6-7-8-9-10-11-12-13-14-15-16-17-18(19)20;5-3-1-2-4(6)7;1-2-3(4)5/h9-10H,2-8,11-17H2,1H3,(H,19,20);1-2H,(H,6,7);2H,1H2,(H,4,5)/b10-9-;;. The number of rotatable bonds is 17.